The summed E-state index contributed by atoms with van der Waals surface area (Å²) >= 11 is 0. The van der Waals surface area contributed by atoms with Crippen molar-refractivity contribution in [1.29, 1.82) is 0 Å². The molecular formula is C16H22Br2N4Ru. The number of nitrogens with one attached hydrogen (secondary N) is 1. The number of pyridine rings is 2. The Morgan fingerprint density at radius 1 is 0.957 bits per heavy atom. The molecule has 0 aliphatic heterocycles. The smallest absolute Gasteiger partial charge is 1.00 e. The molecule has 0 bridgehead atoms. The molecule has 0 aromatic carbocycles. The van der Waals surface area contributed by atoms with Gasteiger partial charge in [0.05, 0.1) is 5.69 Å². The summed E-state index contributed by atoms with van der Waals surface area (Å²) in [5.74, 6) is 0. The minimum atomic E-state index is 0. The van der Waals surface area contributed by atoms with E-state index in [-0.39, 0.29) is 59.5 Å². The molecule has 4 nitrogen and oxygen atoms in total. The van der Waals surface area contributed by atoms with Gasteiger partial charge in [-0.15, -0.1) is 0 Å². The van der Waals surface area contributed by atoms with Gasteiger partial charge >= 0.3 is 19.5 Å². The Hall–Kier alpha value is -0.197. The van der Waals surface area contributed by atoms with Gasteiger partial charge in [0.25, 0.3) is 0 Å². The van der Waals surface area contributed by atoms with Crippen molar-refractivity contribution in [2.75, 3.05) is 6.54 Å². The Kier molecular flexibility index (Phi) is 14.3. The first-order valence-electron chi connectivity index (χ1n) is 6.96. The van der Waals surface area contributed by atoms with E-state index in [1.54, 1.807) is 0 Å². The maximum absolute atomic E-state index is 5.84. The average Bonchev–Trinajstić information content (AvgIpc) is 2.43. The molecule has 0 aliphatic rings. The summed E-state index contributed by atoms with van der Waals surface area (Å²) in [4.78, 5) is 9.00. The maximum Gasteiger partial charge on any atom is 2.00 e. The van der Waals surface area contributed by atoms with Gasteiger partial charge in [-0.25, -0.2) is 0 Å². The molecule has 1 unspecified atom stereocenters. The third kappa shape index (κ3) is 9.01. The molecule has 7 heteroatoms. The average molecular weight is 531 g/mol. The van der Waals surface area contributed by atoms with Crippen molar-refractivity contribution in [2.45, 2.75) is 32.9 Å². The van der Waals surface area contributed by atoms with Crippen molar-refractivity contribution in [3.8, 4) is 0 Å². The standard InChI is InChI=1S/C16H22N4.2BrH.Ru/c1-12-5-3-7-14(19-12)9-16(10-17)18-11-15-8-4-6-13(2)20-15;;;/h3-8,16,18H,9-11,17H2,1-2H3;2*1H;/q;;;+2/p-2. The van der Waals surface area contributed by atoms with Gasteiger partial charge in [0.2, 0.25) is 0 Å². The zero-order valence-electron chi connectivity index (χ0n) is 13.2. The number of aryl methyl sites for hydroxylation is 2. The Labute approximate surface area is 172 Å². The van der Waals surface area contributed by atoms with Crippen LogP contribution in [0.15, 0.2) is 36.4 Å². The summed E-state index contributed by atoms with van der Waals surface area (Å²) < 4.78 is 0. The largest absolute Gasteiger partial charge is 2.00 e. The van der Waals surface area contributed by atoms with Crippen molar-refractivity contribution in [2.24, 2.45) is 5.73 Å². The summed E-state index contributed by atoms with van der Waals surface area (Å²) in [7, 11) is 0. The molecule has 0 aliphatic carbocycles. The van der Waals surface area contributed by atoms with Crippen LogP contribution in [0.25, 0.3) is 0 Å². The fraction of sp³-hybridized carbons (Fsp3) is 0.375. The van der Waals surface area contributed by atoms with E-state index >= 15 is 0 Å². The van der Waals surface area contributed by atoms with Crippen LogP contribution in [-0.4, -0.2) is 22.6 Å². The molecule has 0 fully saturated rings. The monoisotopic (exact) mass is 530 g/mol. The maximum atomic E-state index is 5.84. The van der Waals surface area contributed by atoms with Gasteiger partial charge in [-0.3, -0.25) is 9.97 Å². The molecule has 23 heavy (non-hydrogen) atoms. The van der Waals surface area contributed by atoms with Gasteiger partial charge in [0.1, 0.15) is 0 Å². The number of aromatic nitrogens is 2. The van der Waals surface area contributed by atoms with Crippen LogP contribution in [0.4, 0.5) is 0 Å². The van der Waals surface area contributed by atoms with Gasteiger partial charge in [0, 0.05) is 42.6 Å². The first kappa shape index (κ1) is 25.0. The normalized spacial score (nSPS) is 10.7. The number of rotatable bonds is 6. The fourth-order valence-corrected chi connectivity index (χ4v) is 2.15. The van der Waals surface area contributed by atoms with Crippen LogP contribution in [0.5, 0.6) is 0 Å². The van der Waals surface area contributed by atoms with Crippen molar-refractivity contribution < 1.29 is 53.4 Å². The van der Waals surface area contributed by atoms with Crippen molar-refractivity contribution in [1.82, 2.24) is 15.3 Å². The summed E-state index contributed by atoms with van der Waals surface area (Å²) in [5.41, 5.74) is 10.0. The SMILES string of the molecule is Cc1cccc(CNC(CN)Cc2cccc(C)n2)n1.[Br-].[Br-].[Ru+2]. The third-order valence-electron chi connectivity index (χ3n) is 3.20. The molecule has 0 spiro atoms. The Morgan fingerprint density at radius 2 is 1.48 bits per heavy atom. The molecule has 0 saturated heterocycles. The van der Waals surface area contributed by atoms with Gasteiger partial charge in [-0.05, 0) is 38.1 Å². The Bertz CT molecular complexity index is 569. The van der Waals surface area contributed by atoms with Crippen molar-refractivity contribution >= 4 is 0 Å². The molecule has 2 aromatic rings. The molecule has 2 aromatic heterocycles. The van der Waals surface area contributed by atoms with Crippen LogP contribution in [-0.2, 0) is 32.4 Å². The van der Waals surface area contributed by atoms with E-state index < -0.39 is 0 Å². The number of hydrogen-bond acceptors (Lipinski definition) is 4. The Balaban J connectivity index is 0. The van der Waals surface area contributed by atoms with Gasteiger partial charge < -0.3 is 45.0 Å². The number of nitrogens with two attached hydrogens (primary N) is 1. The fourth-order valence-electron chi connectivity index (χ4n) is 2.15. The summed E-state index contributed by atoms with van der Waals surface area (Å²) in [6.07, 6.45) is 0.837. The third-order valence-corrected chi connectivity index (χ3v) is 3.20. The zero-order valence-corrected chi connectivity index (χ0v) is 18.2. The molecule has 1 atom stereocenters. The van der Waals surface area contributed by atoms with Gasteiger partial charge in [-0.2, -0.15) is 0 Å². The van der Waals surface area contributed by atoms with E-state index in [9.17, 15) is 0 Å². The number of nitrogens with zero attached hydrogens (tertiary/aromatic N) is 2. The summed E-state index contributed by atoms with van der Waals surface area (Å²) in [5, 5.41) is 3.45. The van der Waals surface area contributed by atoms with E-state index in [1.807, 2.05) is 50.2 Å². The van der Waals surface area contributed by atoms with Crippen molar-refractivity contribution in [3.63, 3.8) is 0 Å². The summed E-state index contributed by atoms with van der Waals surface area (Å²) in [6, 6.07) is 12.4. The van der Waals surface area contributed by atoms with E-state index in [0.717, 1.165) is 35.7 Å². The van der Waals surface area contributed by atoms with Crippen LogP contribution < -0.4 is 45.0 Å². The molecule has 0 amide bonds. The quantitative estimate of drug-likeness (QED) is 0.371. The predicted octanol–water partition coefficient (Wildman–Crippen LogP) is -4.24. The van der Waals surface area contributed by atoms with E-state index in [0.29, 0.717) is 6.54 Å². The molecular weight excluding hydrogens is 509 g/mol. The second kappa shape index (κ2) is 13.1. The molecule has 0 radical (unpaired) electrons. The van der Waals surface area contributed by atoms with E-state index in [4.69, 9.17) is 5.73 Å². The summed E-state index contributed by atoms with van der Waals surface area (Å²) in [6.45, 7) is 5.32. The number of halogens is 2. The van der Waals surface area contributed by atoms with E-state index in [2.05, 4.69) is 15.3 Å². The zero-order chi connectivity index (χ0) is 14.4. The first-order chi connectivity index (χ1) is 9.67. The van der Waals surface area contributed by atoms with Gasteiger partial charge in [0.15, 0.2) is 0 Å². The molecule has 2 rings (SSSR count). The van der Waals surface area contributed by atoms with Crippen LogP contribution in [0, 0.1) is 13.8 Å². The number of hydrogen-bond donors (Lipinski definition) is 2. The molecule has 2 heterocycles. The predicted molar refractivity (Wildman–Crippen MR) is 81.3 cm³/mol. The van der Waals surface area contributed by atoms with E-state index in [1.165, 1.54) is 0 Å². The van der Waals surface area contributed by atoms with Crippen LogP contribution in [0.2, 0.25) is 0 Å². The van der Waals surface area contributed by atoms with Crippen LogP contribution in [0.1, 0.15) is 22.8 Å². The van der Waals surface area contributed by atoms with Crippen molar-refractivity contribution in [3.05, 3.63) is 59.2 Å². The topological polar surface area (TPSA) is 63.8 Å². The molecule has 0 saturated carbocycles. The van der Waals surface area contributed by atoms with Crippen LogP contribution in [0.3, 0.4) is 0 Å². The first-order valence-corrected chi connectivity index (χ1v) is 6.96. The second-order valence-corrected chi connectivity index (χ2v) is 5.06. The Morgan fingerprint density at radius 3 is 2.00 bits per heavy atom. The minimum absolute atomic E-state index is 0. The van der Waals surface area contributed by atoms with Crippen LogP contribution >= 0.6 is 0 Å². The second-order valence-electron chi connectivity index (χ2n) is 5.06. The van der Waals surface area contributed by atoms with Gasteiger partial charge in [-0.1, -0.05) is 12.1 Å². The minimum Gasteiger partial charge on any atom is -1.00 e. The molecule has 128 valence electrons. The molecule has 3 N–H and O–H groups in total.